The SMILES string of the molecule is O=C(NCc1ccc(Cl)cc1)C(=O)NC[C@H]1OCCN1S(=O)(=O)c1ccc(Br)cc1. The summed E-state index contributed by atoms with van der Waals surface area (Å²) < 4.78 is 33.1. The Morgan fingerprint density at radius 2 is 1.70 bits per heavy atom. The molecule has 30 heavy (non-hydrogen) atoms. The number of hydrogen-bond acceptors (Lipinski definition) is 5. The van der Waals surface area contributed by atoms with Crippen molar-refractivity contribution in [1.82, 2.24) is 14.9 Å². The second kappa shape index (κ2) is 9.88. The molecular weight excluding hydrogens is 498 g/mol. The fourth-order valence-corrected chi connectivity index (χ4v) is 4.71. The average Bonchev–Trinajstić information content (AvgIpc) is 3.21. The fourth-order valence-electron chi connectivity index (χ4n) is 2.81. The van der Waals surface area contributed by atoms with Crippen molar-refractivity contribution in [1.29, 1.82) is 0 Å². The number of sulfonamides is 1. The molecule has 0 spiro atoms. The highest BCUT2D eigenvalue weighted by Crippen LogP contribution is 2.23. The van der Waals surface area contributed by atoms with E-state index in [9.17, 15) is 18.0 Å². The first-order chi connectivity index (χ1) is 14.3. The number of rotatable bonds is 6. The second-order valence-electron chi connectivity index (χ2n) is 6.41. The minimum absolute atomic E-state index is 0.119. The van der Waals surface area contributed by atoms with Crippen molar-refractivity contribution in [2.45, 2.75) is 17.7 Å². The topological polar surface area (TPSA) is 105 Å². The highest BCUT2D eigenvalue weighted by Gasteiger charge is 2.36. The molecule has 8 nitrogen and oxygen atoms in total. The Morgan fingerprint density at radius 1 is 1.07 bits per heavy atom. The Balaban J connectivity index is 1.54. The predicted molar refractivity (Wildman–Crippen MR) is 114 cm³/mol. The van der Waals surface area contributed by atoms with Crippen LogP contribution in [0.4, 0.5) is 0 Å². The van der Waals surface area contributed by atoms with Gasteiger partial charge in [-0.2, -0.15) is 4.31 Å². The van der Waals surface area contributed by atoms with E-state index in [2.05, 4.69) is 26.6 Å². The van der Waals surface area contributed by atoms with Gasteiger partial charge in [-0.3, -0.25) is 9.59 Å². The minimum atomic E-state index is -3.80. The first-order valence-corrected chi connectivity index (χ1v) is 11.6. The van der Waals surface area contributed by atoms with Crippen molar-refractivity contribution in [2.75, 3.05) is 19.7 Å². The zero-order valence-electron chi connectivity index (χ0n) is 15.7. The largest absolute Gasteiger partial charge is 0.359 e. The third kappa shape index (κ3) is 5.58. The monoisotopic (exact) mass is 515 g/mol. The van der Waals surface area contributed by atoms with Crippen molar-refractivity contribution in [3.63, 3.8) is 0 Å². The number of carbonyl (C=O) groups is 2. The number of nitrogens with one attached hydrogen (secondary N) is 2. The Hall–Kier alpha value is -1.98. The molecule has 2 amide bonds. The third-order valence-electron chi connectivity index (χ3n) is 4.37. The summed E-state index contributed by atoms with van der Waals surface area (Å²) in [6.45, 7) is 0.358. The summed E-state index contributed by atoms with van der Waals surface area (Å²) in [5.41, 5.74) is 0.784. The number of nitrogens with zero attached hydrogens (tertiary/aromatic N) is 1. The standard InChI is InChI=1S/C19H19BrClN3O5S/c20-14-3-7-16(8-4-14)30(27,28)24-9-10-29-17(24)12-23-19(26)18(25)22-11-13-1-5-15(21)6-2-13/h1-8,17H,9-12H2,(H,22,25)(H,23,26)/t17-/m1/s1. The Kier molecular flexibility index (Phi) is 7.48. The van der Waals surface area contributed by atoms with E-state index in [0.29, 0.717) is 5.02 Å². The molecule has 2 N–H and O–H groups in total. The average molecular weight is 517 g/mol. The highest BCUT2D eigenvalue weighted by molar-refractivity contribution is 9.10. The highest BCUT2D eigenvalue weighted by atomic mass is 79.9. The molecule has 1 aliphatic rings. The van der Waals surface area contributed by atoms with Gasteiger partial charge < -0.3 is 15.4 Å². The van der Waals surface area contributed by atoms with Gasteiger partial charge in [0.25, 0.3) is 0 Å². The van der Waals surface area contributed by atoms with Gasteiger partial charge in [-0.05, 0) is 42.0 Å². The lowest BCUT2D eigenvalue weighted by Crippen LogP contribution is -2.47. The number of benzene rings is 2. The maximum Gasteiger partial charge on any atom is 0.309 e. The molecule has 1 aliphatic heterocycles. The Labute approximate surface area is 187 Å². The minimum Gasteiger partial charge on any atom is -0.359 e. The molecule has 1 atom stereocenters. The van der Waals surface area contributed by atoms with Crippen LogP contribution in [0.25, 0.3) is 0 Å². The maximum atomic E-state index is 12.8. The van der Waals surface area contributed by atoms with Crippen LogP contribution in [0, 0.1) is 0 Å². The molecule has 1 heterocycles. The van der Waals surface area contributed by atoms with E-state index in [1.165, 1.54) is 16.4 Å². The van der Waals surface area contributed by atoms with Crippen molar-refractivity contribution in [3.8, 4) is 0 Å². The first kappa shape index (κ1) is 22.7. The van der Waals surface area contributed by atoms with E-state index in [1.807, 2.05) is 0 Å². The van der Waals surface area contributed by atoms with E-state index in [0.717, 1.165) is 10.0 Å². The summed E-state index contributed by atoms with van der Waals surface area (Å²) in [5, 5.41) is 5.49. The lowest BCUT2D eigenvalue weighted by molar-refractivity contribution is -0.139. The quantitative estimate of drug-likeness (QED) is 0.571. The van der Waals surface area contributed by atoms with Gasteiger partial charge in [0.05, 0.1) is 18.0 Å². The fraction of sp³-hybridized carbons (Fsp3) is 0.263. The van der Waals surface area contributed by atoms with Gasteiger partial charge in [0, 0.05) is 22.6 Å². The van der Waals surface area contributed by atoms with Crippen LogP contribution in [-0.2, 0) is 30.9 Å². The molecule has 2 aromatic rings. The number of ether oxygens (including phenoxy) is 1. The summed E-state index contributed by atoms with van der Waals surface area (Å²) in [7, 11) is -3.80. The normalized spacial score (nSPS) is 16.9. The van der Waals surface area contributed by atoms with Gasteiger partial charge in [-0.1, -0.05) is 39.7 Å². The van der Waals surface area contributed by atoms with E-state index in [-0.39, 0.29) is 31.1 Å². The second-order valence-corrected chi connectivity index (χ2v) is 9.66. The summed E-state index contributed by atoms with van der Waals surface area (Å²) >= 11 is 9.07. The molecule has 0 bridgehead atoms. The molecule has 0 aliphatic carbocycles. The van der Waals surface area contributed by atoms with Crippen molar-refractivity contribution in [2.24, 2.45) is 0 Å². The number of hydrogen-bond donors (Lipinski definition) is 2. The number of amides is 2. The molecule has 0 radical (unpaired) electrons. The summed E-state index contributed by atoms with van der Waals surface area (Å²) in [4.78, 5) is 24.2. The number of carbonyl (C=O) groups excluding carboxylic acids is 2. The van der Waals surface area contributed by atoms with Crippen molar-refractivity contribution >= 4 is 49.4 Å². The van der Waals surface area contributed by atoms with Gasteiger partial charge in [0.2, 0.25) is 10.0 Å². The van der Waals surface area contributed by atoms with Crippen LogP contribution in [0.5, 0.6) is 0 Å². The molecule has 160 valence electrons. The van der Waals surface area contributed by atoms with Gasteiger partial charge in [0.1, 0.15) is 6.23 Å². The Morgan fingerprint density at radius 3 is 2.37 bits per heavy atom. The lowest BCUT2D eigenvalue weighted by Gasteiger charge is -2.22. The molecular formula is C19H19BrClN3O5S. The van der Waals surface area contributed by atoms with E-state index in [4.69, 9.17) is 16.3 Å². The zero-order chi connectivity index (χ0) is 21.7. The lowest BCUT2D eigenvalue weighted by atomic mass is 10.2. The molecule has 11 heteroatoms. The van der Waals surface area contributed by atoms with Crippen LogP contribution in [0.15, 0.2) is 57.9 Å². The molecule has 0 aromatic heterocycles. The van der Waals surface area contributed by atoms with Crippen LogP contribution in [0.3, 0.4) is 0 Å². The molecule has 1 fully saturated rings. The number of halogens is 2. The van der Waals surface area contributed by atoms with E-state index >= 15 is 0 Å². The molecule has 1 saturated heterocycles. The summed E-state index contributed by atoms with van der Waals surface area (Å²) in [5.74, 6) is -1.70. The van der Waals surface area contributed by atoms with Crippen LogP contribution in [0.2, 0.25) is 5.02 Å². The van der Waals surface area contributed by atoms with Crippen LogP contribution in [0.1, 0.15) is 5.56 Å². The third-order valence-corrected chi connectivity index (χ3v) is 7.06. The maximum absolute atomic E-state index is 12.8. The van der Waals surface area contributed by atoms with E-state index in [1.54, 1.807) is 36.4 Å². The van der Waals surface area contributed by atoms with E-state index < -0.39 is 28.1 Å². The van der Waals surface area contributed by atoms with Crippen LogP contribution >= 0.6 is 27.5 Å². The first-order valence-electron chi connectivity index (χ1n) is 8.97. The molecule has 3 rings (SSSR count). The molecule has 0 saturated carbocycles. The predicted octanol–water partition coefficient (Wildman–Crippen LogP) is 1.88. The summed E-state index contributed by atoms with van der Waals surface area (Å²) in [6, 6.07) is 13.1. The molecule has 2 aromatic carbocycles. The van der Waals surface area contributed by atoms with Crippen molar-refractivity contribution in [3.05, 3.63) is 63.6 Å². The summed E-state index contributed by atoms with van der Waals surface area (Å²) in [6.07, 6.45) is -0.897. The zero-order valence-corrected chi connectivity index (χ0v) is 18.8. The van der Waals surface area contributed by atoms with Gasteiger partial charge in [-0.25, -0.2) is 8.42 Å². The van der Waals surface area contributed by atoms with Gasteiger partial charge >= 0.3 is 11.8 Å². The Bertz CT molecular complexity index is 1020. The molecule has 0 unspecified atom stereocenters. The van der Waals surface area contributed by atoms with Crippen molar-refractivity contribution < 1.29 is 22.7 Å². The van der Waals surface area contributed by atoms with Crippen LogP contribution in [-0.4, -0.2) is 50.5 Å². The van der Waals surface area contributed by atoms with Gasteiger partial charge in [0.15, 0.2) is 0 Å². The van der Waals surface area contributed by atoms with Crippen LogP contribution < -0.4 is 10.6 Å². The van der Waals surface area contributed by atoms with Gasteiger partial charge in [-0.15, -0.1) is 0 Å². The smallest absolute Gasteiger partial charge is 0.309 e.